The molecule has 0 aliphatic rings. The van der Waals surface area contributed by atoms with Crippen molar-refractivity contribution < 1.29 is 14.6 Å². The Bertz CT molecular complexity index is 373. The van der Waals surface area contributed by atoms with Crippen molar-refractivity contribution in [1.82, 2.24) is 10.3 Å². The Hall–Kier alpha value is -1.88. The van der Waals surface area contributed by atoms with Crippen molar-refractivity contribution in [3.63, 3.8) is 0 Å². The number of carboxylic acids is 1. The van der Waals surface area contributed by atoms with Gasteiger partial charge in [-0.05, 0) is 5.56 Å². The summed E-state index contributed by atoms with van der Waals surface area (Å²) in [6.45, 7) is 4.21. The minimum atomic E-state index is -0.986. The third-order valence-electron chi connectivity index (χ3n) is 1.98. The third-order valence-corrected chi connectivity index (χ3v) is 1.98. The van der Waals surface area contributed by atoms with E-state index in [1.807, 2.05) is 6.07 Å². The van der Waals surface area contributed by atoms with Gasteiger partial charge in [0, 0.05) is 30.9 Å². The maximum Gasteiger partial charge on any atom is 0.332 e. The van der Waals surface area contributed by atoms with Crippen LogP contribution in [0.3, 0.4) is 0 Å². The number of aromatic nitrogens is 1. The van der Waals surface area contributed by atoms with Crippen LogP contribution in [0, 0.1) is 0 Å². The molecule has 16 heavy (non-hydrogen) atoms. The Morgan fingerprint density at radius 3 is 2.88 bits per heavy atom. The van der Waals surface area contributed by atoms with E-state index < -0.39 is 5.97 Å². The summed E-state index contributed by atoms with van der Waals surface area (Å²) < 4.78 is 4.92. The van der Waals surface area contributed by atoms with Gasteiger partial charge in [0.25, 0.3) is 0 Å². The quantitative estimate of drug-likeness (QED) is 0.697. The second kappa shape index (κ2) is 5.87. The van der Waals surface area contributed by atoms with Gasteiger partial charge in [0.15, 0.2) is 0 Å². The number of hydrogen-bond acceptors (Lipinski definition) is 4. The summed E-state index contributed by atoms with van der Waals surface area (Å²) in [5.41, 5.74) is 1.10. The number of nitrogens with one attached hydrogen (secondary N) is 1. The van der Waals surface area contributed by atoms with E-state index >= 15 is 0 Å². The largest absolute Gasteiger partial charge is 0.481 e. The zero-order valence-corrected chi connectivity index (χ0v) is 9.06. The van der Waals surface area contributed by atoms with Crippen molar-refractivity contribution in [1.29, 1.82) is 0 Å². The van der Waals surface area contributed by atoms with Crippen LogP contribution in [0.2, 0.25) is 0 Å². The second-order valence-corrected chi connectivity index (χ2v) is 3.22. The molecule has 0 spiro atoms. The monoisotopic (exact) mass is 222 g/mol. The van der Waals surface area contributed by atoms with Gasteiger partial charge in [0.05, 0.1) is 7.11 Å². The lowest BCUT2D eigenvalue weighted by Gasteiger charge is -2.05. The van der Waals surface area contributed by atoms with Crippen LogP contribution in [-0.2, 0) is 11.3 Å². The summed E-state index contributed by atoms with van der Waals surface area (Å²) in [6, 6.07) is 3.62. The van der Waals surface area contributed by atoms with Gasteiger partial charge in [-0.3, -0.25) is 0 Å². The van der Waals surface area contributed by atoms with E-state index in [9.17, 15) is 4.79 Å². The topological polar surface area (TPSA) is 71.5 Å². The summed E-state index contributed by atoms with van der Waals surface area (Å²) in [4.78, 5) is 14.5. The third kappa shape index (κ3) is 3.70. The van der Waals surface area contributed by atoms with E-state index in [0.717, 1.165) is 5.56 Å². The van der Waals surface area contributed by atoms with Gasteiger partial charge in [-0.25, -0.2) is 9.78 Å². The lowest BCUT2D eigenvalue weighted by Crippen LogP contribution is -2.19. The summed E-state index contributed by atoms with van der Waals surface area (Å²) in [5, 5.41) is 11.5. The molecular weight excluding hydrogens is 208 g/mol. The van der Waals surface area contributed by atoms with Crippen LogP contribution >= 0.6 is 0 Å². The van der Waals surface area contributed by atoms with Crippen molar-refractivity contribution in [2.75, 3.05) is 13.7 Å². The van der Waals surface area contributed by atoms with Crippen molar-refractivity contribution in [2.24, 2.45) is 0 Å². The molecule has 0 saturated carbocycles. The Kier molecular flexibility index (Phi) is 4.47. The van der Waals surface area contributed by atoms with Crippen LogP contribution in [0.15, 0.2) is 30.5 Å². The first-order chi connectivity index (χ1) is 7.63. The standard InChI is InChI=1S/C11H14N2O3/c1-8(11(14)15)5-12-6-9-3-4-10(16-2)13-7-9/h3-4,7,12H,1,5-6H2,2H3,(H,14,15). The summed E-state index contributed by atoms with van der Waals surface area (Å²) in [5.74, 6) is -0.431. The van der Waals surface area contributed by atoms with Crippen LogP contribution in [0.1, 0.15) is 5.56 Å². The Morgan fingerprint density at radius 1 is 1.62 bits per heavy atom. The number of aliphatic carboxylic acids is 1. The zero-order valence-electron chi connectivity index (χ0n) is 9.06. The molecule has 1 rings (SSSR count). The minimum absolute atomic E-state index is 0.140. The van der Waals surface area contributed by atoms with Crippen molar-refractivity contribution in [2.45, 2.75) is 6.54 Å². The molecule has 5 heteroatoms. The molecule has 0 aliphatic heterocycles. The van der Waals surface area contributed by atoms with E-state index in [2.05, 4.69) is 16.9 Å². The number of pyridine rings is 1. The maximum absolute atomic E-state index is 10.5. The summed E-state index contributed by atoms with van der Waals surface area (Å²) in [6.07, 6.45) is 1.68. The Morgan fingerprint density at radius 2 is 2.38 bits per heavy atom. The summed E-state index contributed by atoms with van der Waals surface area (Å²) >= 11 is 0. The molecule has 1 aromatic heterocycles. The van der Waals surface area contributed by atoms with Crippen LogP contribution < -0.4 is 10.1 Å². The van der Waals surface area contributed by atoms with Gasteiger partial charge in [-0.15, -0.1) is 0 Å². The Labute approximate surface area is 93.8 Å². The van der Waals surface area contributed by atoms with Crippen molar-refractivity contribution >= 4 is 5.97 Å². The van der Waals surface area contributed by atoms with Gasteiger partial charge in [-0.2, -0.15) is 0 Å². The highest BCUT2D eigenvalue weighted by Gasteiger charge is 2.02. The van der Waals surface area contributed by atoms with Gasteiger partial charge in [0.1, 0.15) is 0 Å². The molecule has 1 heterocycles. The lowest BCUT2D eigenvalue weighted by atomic mass is 10.2. The first-order valence-corrected chi connectivity index (χ1v) is 4.74. The summed E-state index contributed by atoms with van der Waals surface area (Å²) in [7, 11) is 1.55. The van der Waals surface area contributed by atoms with Crippen molar-refractivity contribution in [3.05, 3.63) is 36.0 Å². The normalized spacial score (nSPS) is 9.81. The van der Waals surface area contributed by atoms with Crippen LogP contribution in [0.25, 0.3) is 0 Å². The first-order valence-electron chi connectivity index (χ1n) is 4.74. The van der Waals surface area contributed by atoms with Gasteiger partial charge < -0.3 is 15.2 Å². The fourth-order valence-corrected chi connectivity index (χ4v) is 1.07. The number of carbonyl (C=O) groups is 1. The molecule has 0 aromatic carbocycles. The predicted molar refractivity (Wildman–Crippen MR) is 59.3 cm³/mol. The second-order valence-electron chi connectivity index (χ2n) is 3.22. The molecule has 0 fully saturated rings. The number of carboxylic acid groups (broad SMARTS) is 1. The number of nitrogens with zero attached hydrogens (tertiary/aromatic N) is 1. The molecule has 0 amide bonds. The first kappa shape index (κ1) is 12.2. The van der Waals surface area contributed by atoms with Gasteiger partial charge >= 0.3 is 5.97 Å². The molecule has 1 aromatic rings. The van der Waals surface area contributed by atoms with Crippen molar-refractivity contribution in [3.8, 4) is 5.88 Å². The predicted octanol–water partition coefficient (Wildman–Crippen LogP) is 0.821. The molecule has 0 bridgehead atoms. The van der Waals surface area contributed by atoms with Gasteiger partial charge in [-0.1, -0.05) is 12.6 Å². The maximum atomic E-state index is 10.5. The van der Waals surface area contributed by atoms with Crippen LogP contribution in [0.4, 0.5) is 0 Å². The average Bonchev–Trinajstić information content (AvgIpc) is 2.29. The molecule has 86 valence electrons. The highest BCUT2D eigenvalue weighted by molar-refractivity contribution is 5.86. The molecule has 0 radical (unpaired) electrons. The zero-order chi connectivity index (χ0) is 12.0. The molecule has 0 saturated heterocycles. The van der Waals surface area contributed by atoms with Crippen LogP contribution in [0.5, 0.6) is 5.88 Å². The lowest BCUT2D eigenvalue weighted by molar-refractivity contribution is -0.132. The van der Waals surface area contributed by atoms with E-state index in [4.69, 9.17) is 9.84 Å². The molecule has 2 N–H and O–H groups in total. The molecular formula is C11H14N2O3. The molecule has 5 nitrogen and oxygen atoms in total. The average molecular weight is 222 g/mol. The Balaban J connectivity index is 2.37. The van der Waals surface area contributed by atoms with Crippen LogP contribution in [-0.4, -0.2) is 29.7 Å². The fourth-order valence-electron chi connectivity index (χ4n) is 1.07. The fraction of sp³-hybridized carbons (Fsp3) is 0.273. The van der Waals surface area contributed by atoms with E-state index in [-0.39, 0.29) is 12.1 Å². The van der Waals surface area contributed by atoms with E-state index in [1.54, 1.807) is 19.4 Å². The highest BCUT2D eigenvalue weighted by Crippen LogP contribution is 2.06. The highest BCUT2D eigenvalue weighted by atomic mass is 16.5. The van der Waals surface area contributed by atoms with E-state index in [1.165, 1.54) is 0 Å². The smallest absolute Gasteiger partial charge is 0.332 e. The number of rotatable bonds is 6. The SMILES string of the molecule is C=C(CNCc1ccc(OC)nc1)C(=O)O. The number of methoxy groups -OCH3 is 1. The van der Waals surface area contributed by atoms with E-state index in [0.29, 0.717) is 12.4 Å². The molecule has 0 atom stereocenters. The molecule has 0 unspecified atom stereocenters. The number of ether oxygens (including phenoxy) is 1. The molecule has 0 aliphatic carbocycles. The van der Waals surface area contributed by atoms with Gasteiger partial charge in [0.2, 0.25) is 5.88 Å². The number of hydrogen-bond donors (Lipinski definition) is 2. The minimum Gasteiger partial charge on any atom is -0.481 e.